The highest BCUT2D eigenvalue weighted by molar-refractivity contribution is 7.07. The number of carbonyl (C=O) groups excluding carboxylic acids is 1. The highest BCUT2D eigenvalue weighted by Gasteiger charge is 2.47. The number of nitrogens with one attached hydrogen (secondary N) is 1. The van der Waals surface area contributed by atoms with Crippen molar-refractivity contribution in [3.63, 3.8) is 0 Å². The van der Waals surface area contributed by atoms with E-state index in [2.05, 4.69) is 34.0 Å². The van der Waals surface area contributed by atoms with Gasteiger partial charge < -0.3 is 4.90 Å². The van der Waals surface area contributed by atoms with Crippen LogP contribution < -0.4 is 5.32 Å². The first-order valence-corrected chi connectivity index (χ1v) is 9.19. The van der Waals surface area contributed by atoms with Crippen molar-refractivity contribution < 1.29 is 4.79 Å². The second kappa shape index (κ2) is 6.09. The van der Waals surface area contributed by atoms with Crippen LogP contribution in [0.2, 0.25) is 0 Å². The molecular formula is C17H26N2OS. The molecule has 1 saturated heterocycles. The van der Waals surface area contributed by atoms with Crippen LogP contribution in [0, 0.1) is 5.92 Å². The highest BCUT2D eigenvalue weighted by Crippen LogP contribution is 2.35. The van der Waals surface area contributed by atoms with Crippen molar-refractivity contribution in [1.82, 2.24) is 10.2 Å². The quantitative estimate of drug-likeness (QED) is 0.894. The molecule has 1 amide bonds. The van der Waals surface area contributed by atoms with Gasteiger partial charge in [-0.25, -0.2) is 0 Å². The Balaban J connectivity index is 1.74. The van der Waals surface area contributed by atoms with Gasteiger partial charge >= 0.3 is 0 Å². The molecule has 1 aliphatic heterocycles. The Hall–Kier alpha value is -0.870. The lowest BCUT2D eigenvalue weighted by atomic mass is 9.99. The molecule has 4 heteroatoms. The number of thiophene rings is 1. The van der Waals surface area contributed by atoms with E-state index in [0.29, 0.717) is 0 Å². The maximum atomic E-state index is 12.8. The van der Waals surface area contributed by atoms with Gasteiger partial charge in [-0.3, -0.25) is 10.1 Å². The zero-order chi connectivity index (χ0) is 14.9. The van der Waals surface area contributed by atoms with Crippen molar-refractivity contribution in [2.45, 2.75) is 64.1 Å². The molecule has 2 unspecified atom stereocenters. The minimum atomic E-state index is -0.401. The molecule has 1 N–H and O–H groups in total. The van der Waals surface area contributed by atoms with Crippen molar-refractivity contribution in [3.05, 3.63) is 22.4 Å². The molecule has 2 heterocycles. The van der Waals surface area contributed by atoms with Gasteiger partial charge in [-0.05, 0) is 48.1 Å². The predicted molar refractivity (Wildman–Crippen MR) is 87.2 cm³/mol. The number of hydrogen-bond acceptors (Lipinski definition) is 3. The summed E-state index contributed by atoms with van der Waals surface area (Å²) in [7, 11) is 0. The van der Waals surface area contributed by atoms with Gasteiger partial charge in [0, 0.05) is 6.54 Å². The summed E-state index contributed by atoms with van der Waals surface area (Å²) in [6.07, 6.45) is 7.51. The van der Waals surface area contributed by atoms with Crippen LogP contribution in [0.1, 0.15) is 64.1 Å². The Morgan fingerprint density at radius 2 is 2.19 bits per heavy atom. The summed E-state index contributed by atoms with van der Waals surface area (Å²) in [4.78, 5) is 14.9. The van der Waals surface area contributed by atoms with Crippen LogP contribution in [0.3, 0.4) is 0 Å². The molecule has 21 heavy (non-hydrogen) atoms. The van der Waals surface area contributed by atoms with E-state index in [-0.39, 0.29) is 12.1 Å². The van der Waals surface area contributed by atoms with Crippen LogP contribution in [0.25, 0.3) is 0 Å². The van der Waals surface area contributed by atoms with E-state index in [9.17, 15) is 4.79 Å². The Morgan fingerprint density at radius 3 is 2.81 bits per heavy atom. The average molecular weight is 306 g/mol. The van der Waals surface area contributed by atoms with Crippen LogP contribution in [0.5, 0.6) is 0 Å². The summed E-state index contributed by atoms with van der Waals surface area (Å²) in [6, 6.07) is 2.14. The summed E-state index contributed by atoms with van der Waals surface area (Å²) in [5.41, 5.74) is 0.833. The molecule has 1 aromatic rings. The van der Waals surface area contributed by atoms with Crippen LogP contribution in [0.15, 0.2) is 16.8 Å². The molecule has 1 saturated carbocycles. The van der Waals surface area contributed by atoms with Crippen molar-refractivity contribution >= 4 is 17.2 Å². The molecule has 2 aliphatic rings. The first-order chi connectivity index (χ1) is 10.1. The molecule has 0 spiro atoms. The Morgan fingerprint density at radius 1 is 1.43 bits per heavy atom. The standard InChI is InChI=1S/C17H26N2OS/c1-3-17(2)16(20)19(10-8-13-6-4-5-7-13)15(18-17)14-9-11-21-12-14/h9,11-13,15,18H,3-8,10H2,1-2H3. The lowest BCUT2D eigenvalue weighted by Crippen LogP contribution is -2.43. The molecule has 0 radical (unpaired) electrons. The molecule has 116 valence electrons. The fourth-order valence-electron chi connectivity index (χ4n) is 3.67. The van der Waals surface area contributed by atoms with E-state index in [1.54, 1.807) is 11.3 Å². The third kappa shape index (κ3) is 2.88. The monoisotopic (exact) mass is 306 g/mol. The molecule has 1 aromatic heterocycles. The lowest BCUT2D eigenvalue weighted by molar-refractivity contribution is -0.133. The normalized spacial score (nSPS) is 30.5. The second-order valence-corrected chi connectivity index (χ2v) is 7.51. The van der Waals surface area contributed by atoms with Gasteiger partial charge in [0.05, 0.1) is 5.54 Å². The van der Waals surface area contributed by atoms with Gasteiger partial charge in [0.1, 0.15) is 6.17 Å². The van der Waals surface area contributed by atoms with E-state index in [1.807, 2.05) is 6.92 Å². The Bertz CT molecular complexity index is 481. The molecule has 2 atom stereocenters. The molecule has 2 fully saturated rings. The van der Waals surface area contributed by atoms with E-state index >= 15 is 0 Å². The Labute approximate surface area is 131 Å². The smallest absolute Gasteiger partial charge is 0.244 e. The second-order valence-electron chi connectivity index (χ2n) is 6.73. The molecule has 3 nitrogen and oxygen atoms in total. The fraction of sp³-hybridized carbons (Fsp3) is 0.706. The lowest BCUT2D eigenvalue weighted by Gasteiger charge is -2.25. The number of nitrogens with zero attached hydrogens (tertiary/aromatic N) is 1. The van der Waals surface area contributed by atoms with Crippen molar-refractivity contribution in [1.29, 1.82) is 0 Å². The summed E-state index contributed by atoms with van der Waals surface area (Å²) in [5.74, 6) is 1.11. The van der Waals surface area contributed by atoms with Gasteiger partial charge in [-0.2, -0.15) is 11.3 Å². The van der Waals surface area contributed by atoms with Gasteiger partial charge in [0.2, 0.25) is 5.91 Å². The van der Waals surface area contributed by atoms with Gasteiger partial charge in [-0.1, -0.05) is 32.6 Å². The van der Waals surface area contributed by atoms with Crippen molar-refractivity contribution in [2.75, 3.05) is 6.54 Å². The third-order valence-electron chi connectivity index (χ3n) is 5.32. The number of hydrogen-bond donors (Lipinski definition) is 1. The minimum absolute atomic E-state index is 0.0649. The summed E-state index contributed by atoms with van der Waals surface area (Å²) in [6.45, 7) is 5.03. The first kappa shape index (κ1) is 15.0. The predicted octanol–water partition coefficient (Wildman–Crippen LogP) is 3.93. The van der Waals surface area contributed by atoms with Crippen LogP contribution in [-0.2, 0) is 4.79 Å². The first-order valence-electron chi connectivity index (χ1n) is 8.25. The zero-order valence-corrected chi connectivity index (χ0v) is 13.9. The van der Waals surface area contributed by atoms with Crippen LogP contribution in [0.4, 0.5) is 0 Å². The number of amides is 1. The van der Waals surface area contributed by atoms with Gasteiger partial charge in [-0.15, -0.1) is 0 Å². The van der Waals surface area contributed by atoms with Crippen molar-refractivity contribution in [2.24, 2.45) is 5.92 Å². The third-order valence-corrected chi connectivity index (χ3v) is 6.02. The van der Waals surface area contributed by atoms with E-state index in [4.69, 9.17) is 0 Å². The Kier molecular flexibility index (Phi) is 4.36. The maximum absolute atomic E-state index is 12.8. The summed E-state index contributed by atoms with van der Waals surface area (Å²) in [5, 5.41) is 7.83. The number of rotatable bonds is 5. The largest absolute Gasteiger partial charge is 0.321 e. The summed E-state index contributed by atoms with van der Waals surface area (Å²) >= 11 is 1.70. The molecule has 0 aromatic carbocycles. The topological polar surface area (TPSA) is 32.3 Å². The molecule has 3 rings (SSSR count). The maximum Gasteiger partial charge on any atom is 0.244 e. The number of carbonyl (C=O) groups is 1. The summed E-state index contributed by atoms with van der Waals surface area (Å²) < 4.78 is 0. The molecular weight excluding hydrogens is 280 g/mol. The highest BCUT2D eigenvalue weighted by atomic mass is 32.1. The van der Waals surface area contributed by atoms with Gasteiger partial charge in [0.15, 0.2) is 0 Å². The van der Waals surface area contributed by atoms with E-state index in [1.165, 1.54) is 31.2 Å². The van der Waals surface area contributed by atoms with Crippen molar-refractivity contribution in [3.8, 4) is 0 Å². The zero-order valence-electron chi connectivity index (χ0n) is 13.1. The SMILES string of the molecule is CCC1(C)NC(c2ccsc2)N(CCC2CCCC2)C1=O. The van der Waals surface area contributed by atoms with Gasteiger partial charge in [0.25, 0.3) is 0 Å². The van der Waals surface area contributed by atoms with Crippen LogP contribution in [-0.4, -0.2) is 22.9 Å². The van der Waals surface area contributed by atoms with E-state index < -0.39 is 5.54 Å². The fourth-order valence-corrected chi connectivity index (χ4v) is 4.35. The molecule has 1 aliphatic carbocycles. The minimum Gasteiger partial charge on any atom is -0.321 e. The average Bonchev–Trinajstić information content (AvgIpc) is 3.21. The van der Waals surface area contributed by atoms with Crippen LogP contribution >= 0.6 is 11.3 Å². The van der Waals surface area contributed by atoms with E-state index in [0.717, 1.165) is 25.3 Å². The molecule has 0 bridgehead atoms.